The number of halogens is 2. The summed E-state index contributed by atoms with van der Waals surface area (Å²) in [7, 11) is 0. The van der Waals surface area contributed by atoms with E-state index >= 15 is 24.0 Å². The van der Waals surface area contributed by atoms with Crippen molar-refractivity contribution in [1.29, 1.82) is 0 Å². The summed E-state index contributed by atoms with van der Waals surface area (Å²) in [5, 5.41) is 122. The Morgan fingerprint density at radius 2 is 0.951 bits per heavy atom. The Morgan fingerprint density at radius 3 is 1.56 bits per heavy atom. The van der Waals surface area contributed by atoms with Gasteiger partial charge in [0.2, 0.25) is 41.2 Å². The average Bonchev–Trinajstić information content (AvgIpc) is 1.75. The Bertz CT molecular complexity index is 5070. The Balaban J connectivity index is 0.923. The molecule has 9 atom stereocenters. The summed E-state index contributed by atoms with van der Waals surface area (Å²) in [5.41, 5.74) is -0.117. The summed E-state index contributed by atoms with van der Waals surface area (Å²) in [6.07, 6.45) is -5.52. The van der Waals surface area contributed by atoms with Gasteiger partial charge in [0.1, 0.15) is 95.3 Å². The van der Waals surface area contributed by atoms with E-state index in [4.69, 9.17) is 42.1 Å². The maximum absolute atomic E-state index is 16.1. The summed E-state index contributed by atoms with van der Waals surface area (Å²) < 4.78 is 24.5. The summed E-state index contributed by atoms with van der Waals surface area (Å²) in [4.78, 5) is 121. The van der Waals surface area contributed by atoms with Crippen LogP contribution >= 0.6 is 23.2 Å². The first-order valence-corrected chi connectivity index (χ1v) is 32.2. The average molecular weight is 1440 g/mol. The normalized spacial score (nSPS) is 21.3. The molecule has 7 aliphatic rings. The molecule has 7 amide bonds. The Labute approximate surface area is 590 Å². The third-order valence-electron chi connectivity index (χ3n) is 18.1. The van der Waals surface area contributed by atoms with Gasteiger partial charge < -0.3 is 102 Å². The number of carbonyl (C=O) groups is 8. The molecule has 16 rings (SSSR count). The zero-order valence-electron chi connectivity index (χ0n) is 52.7. The Morgan fingerprint density at radius 1 is 0.437 bits per heavy atom. The molecule has 0 radical (unpaired) electrons. The molecule has 0 saturated heterocycles. The van der Waals surface area contributed by atoms with Gasteiger partial charge in [0, 0.05) is 34.7 Å². The highest BCUT2D eigenvalue weighted by Gasteiger charge is 2.44. The van der Waals surface area contributed by atoms with Crippen LogP contribution in [0.25, 0.3) is 22.3 Å². The molecule has 9 aromatic rings. The lowest BCUT2D eigenvalue weighted by atomic mass is 9.87. The fourth-order valence-electron chi connectivity index (χ4n) is 13.2. The van der Waals surface area contributed by atoms with E-state index in [-0.39, 0.29) is 56.2 Å². The number of ether oxygens (including phenoxy) is 4. The van der Waals surface area contributed by atoms with E-state index in [0.717, 1.165) is 107 Å². The molecule has 1 aliphatic carbocycles. The Hall–Kier alpha value is -12.8. The van der Waals surface area contributed by atoms with Crippen molar-refractivity contribution < 1.29 is 103 Å². The zero-order valence-corrected chi connectivity index (χ0v) is 54.3. The van der Waals surface area contributed by atoms with Crippen molar-refractivity contribution in [1.82, 2.24) is 37.2 Å². The number of carbonyl (C=O) groups excluding carboxylic acids is 7. The molecule has 6 aliphatic heterocycles. The van der Waals surface area contributed by atoms with Gasteiger partial charge in [-0.25, -0.2) is 9.59 Å². The molecule has 103 heavy (non-hydrogen) atoms. The number of aliphatic hydroxyl groups is 2. The van der Waals surface area contributed by atoms with Crippen molar-refractivity contribution in [2.75, 3.05) is 6.61 Å². The fourth-order valence-corrected chi connectivity index (χ4v) is 13.7. The molecule has 15 bridgehead atoms. The number of phenols is 6. The molecule has 16 N–H and O–H groups in total. The van der Waals surface area contributed by atoms with Gasteiger partial charge in [0.05, 0.1) is 10.0 Å². The van der Waals surface area contributed by atoms with Gasteiger partial charge in [-0.05, 0) is 128 Å². The quantitative estimate of drug-likeness (QED) is 0.0792. The number of nitrogens with one attached hydrogen (secondary N) is 7. The number of amides is 7. The fraction of sp³-hybridized carbons (Fsp3) is 0.151. The van der Waals surface area contributed by atoms with Crippen LogP contribution in [0.15, 0.2) is 164 Å². The maximum Gasteiger partial charge on any atom is 0.408 e. The largest absolute Gasteiger partial charge is 0.508 e. The van der Waals surface area contributed by atoms with E-state index in [1.54, 1.807) is 0 Å². The summed E-state index contributed by atoms with van der Waals surface area (Å²) in [6.45, 7) is -0.236. The first kappa shape index (κ1) is 67.4. The number of carboxylic acid groups (broad SMARTS) is 1. The predicted molar refractivity (Wildman–Crippen MR) is 360 cm³/mol. The van der Waals surface area contributed by atoms with Crippen molar-refractivity contribution >= 4 is 70.7 Å². The minimum atomic E-state index is -2.33. The smallest absolute Gasteiger partial charge is 0.408 e. The first-order chi connectivity index (χ1) is 49.3. The molecule has 9 unspecified atom stereocenters. The number of hydrogen-bond acceptors (Lipinski definition) is 20. The highest BCUT2D eigenvalue weighted by molar-refractivity contribution is 6.32. The molecule has 28 nitrogen and oxygen atoms in total. The zero-order chi connectivity index (χ0) is 72.6. The van der Waals surface area contributed by atoms with E-state index in [0.29, 0.717) is 0 Å². The summed E-state index contributed by atoms with van der Waals surface area (Å²) in [5.74, 6) is -17.8. The van der Waals surface area contributed by atoms with Crippen LogP contribution in [-0.2, 0) is 38.3 Å². The van der Waals surface area contributed by atoms with E-state index < -0.39 is 187 Å². The van der Waals surface area contributed by atoms with Gasteiger partial charge in [-0.2, -0.15) is 0 Å². The first-order valence-electron chi connectivity index (χ1n) is 31.4. The number of carboxylic acids is 1. The van der Waals surface area contributed by atoms with Crippen molar-refractivity contribution in [3.05, 3.63) is 224 Å². The third kappa shape index (κ3) is 12.7. The van der Waals surface area contributed by atoms with Crippen LogP contribution < -0.4 is 51.4 Å². The molecule has 30 heteroatoms. The van der Waals surface area contributed by atoms with Gasteiger partial charge in [0.25, 0.3) is 0 Å². The number of aromatic hydroxyl groups is 6. The van der Waals surface area contributed by atoms with Crippen molar-refractivity contribution in [2.45, 2.75) is 60.4 Å². The number of benzene rings is 9. The number of aliphatic hydroxyl groups excluding tert-OH is 2. The second-order valence-corrected chi connectivity index (χ2v) is 25.4. The summed E-state index contributed by atoms with van der Waals surface area (Å²) in [6, 6.07) is 20.0. The van der Waals surface area contributed by atoms with Gasteiger partial charge in [0.15, 0.2) is 29.0 Å². The van der Waals surface area contributed by atoms with Crippen LogP contribution in [0.2, 0.25) is 10.0 Å². The standard InChI is InChI=1S/C73H55Cl2N7O21/c74-44-20-30-13-16-49(44)102-52-23-33-24-53(65(52)90)103-50-17-14-31(21-45(50)75)64(89)62-71(96)79-60(72(97)98)42-26-35(84)27-48(87)55(42)54-41(10-5-11-47(54)86)59(69(94)81-62)78-68(93)58(33)76-67(92)57-32-18-34(83)25-36(19-32)101-51-22-29(12-15-46(51)85)56(66(91)80-61(63(30)88)70(95)77-57)82-73(99)100-28-43-39-8-3-1-6-37(39)38-7-2-4-9-40(38)43/h1-27,43,56-64,83-90H,28H2,(H,76,92)(H,77,95)(H,78,93)(H,79,96)(H,80,91)(H,81,94)(H,82,99)(H,97,98). The van der Waals surface area contributed by atoms with Crippen molar-refractivity contribution in [2.24, 2.45) is 0 Å². The van der Waals surface area contributed by atoms with Gasteiger partial charge in [-0.3, -0.25) is 28.8 Å². The highest BCUT2D eigenvalue weighted by atomic mass is 35.5. The monoisotopic (exact) mass is 1440 g/mol. The molecule has 0 spiro atoms. The summed E-state index contributed by atoms with van der Waals surface area (Å²) >= 11 is 13.8. The van der Waals surface area contributed by atoms with Crippen molar-refractivity contribution in [3.8, 4) is 91.2 Å². The van der Waals surface area contributed by atoms with Crippen molar-refractivity contribution in [3.63, 3.8) is 0 Å². The number of rotatable bonds is 4. The van der Waals surface area contributed by atoms with Crippen LogP contribution in [0.3, 0.4) is 0 Å². The van der Waals surface area contributed by atoms with E-state index in [1.165, 1.54) is 30.3 Å². The molecule has 9 aromatic carbocycles. The lowest BCUT2D eigenvalue weighted by Gasteiger charge is -2.31. The number of hydrogen-bond donors (Lipinski definition) is 16. The minimum Gasteiger partial charge on any atom is -0.508 e. The van der Waals surface area contributed by atoms with Gasteiger partial charge in [-0.1, -0.05) is 102 Å². The molecular weight excluding hydrogens is 1380 g/mol. The number of aliphatic carboxylic acids is 1. The Kier molecular flexibility index (Phi) is 17.5. The van der Waals surface area contributed by atoms with Crippen LogP contribution in [0.1, 0.15) is 98.4 Å². The third-order valence-corrected chi connectivity index (χ3v) is 18.7. The maximum atomic E-state index is 16.1. The van der Waals surface area contributed by atoms with Crippen LogP contribution in [0.4, 0.5) is 4.79 Å². The lowest BCUT2D eigenvalue weighted by Crippen LogP contribution is -2.56. The van der Waals surface area contributed by atoms with E-state index in [1.807, 2.05) is 48.5 Å². The molecule has 522 valence electrons. The number of phenolic OH excluding ortho intramolecular Hbond substituents is 6. The predicted octanol–water partition coefficient (Wildman–Crippen LogP) is 8.06. The second-order valence-electron chi connectivity index (χ2n) is 24.6. The second kappa shape index (κ2) is 26.7. The topological polar surface area (TPSA) is 440 Å². The molecular formula is C73H55Cl2N7O21. The number of alkyl carbamates (subject to hydrolysis) is 1. The van der Waals surface area contributed by atoms with Crippen LogP contribution in [0.5, 0.6) is 69.0 Å². The number of fused-ring (bicyclic) bond motifs is 16. The molecule has 6 heterocycles. The van der Waals surface area contributed by atoms with E-state index in [9.17, 15) is 60.3 Å². The minimum absolute atomic E-state index is 0.105. The molecule has 0 saturated carbocycles. The lowest BCUT2D eigenvalue weighted by molar-refractivity contribution is -0.143. The SMILES string of the molecule is O=C(NC1C(=O)NC2C(=O)NC(C(=O)NC3C(=O)NC4C(=O)NC(C(=O)NC(C(=O)O)c5cc(O)cc(O)c5-c5c(O)cccc54)C(O)c4ccc(c(Cl)c4)Oc4cc3cc(c4O)Oc3ccc(cc3Cl)C2O)c2cc(O)cc(c2)Oc2cc1ccc2O)OCC1c2ccccc2-c2ccccc21. The van der Waals surface area contributed by atoms with Crippen LogP contribution in [0, 0.1) is 0 Å². The molecule has 0 fully saturated rings. The van der Waals surface area contributed by atoms with Gasteiger partial charge >= 0.3 is 12.1 Å². The van der Waals surface area contributed by atoms with E-state index in [2.05, 4.69) is 37.2 Å². The molecule has 0 aromatic heterocycles. The van der Waals surface area contributed by atoms with Gasteiger partial charge in [-0.15, -0.1) is 0 Å². The van der Waals surface area contributed by atoms with Crippen LogP contribution in [-0.4, -0.2) is 112 Å². The highest BCUT2D eigenvalue weighted by Crippen LogP contribution is 2.50.